The van der Waals surface area contributed by atoms with E-state index >= 15 is 0 Å². The fourth-order valence-electron chi connectivity index (χ4n) is 3.61. The lowest BCUT2D eigenvalue weighted by molar-refractivity contribution is 0.153. The maximum absolute atomic E-state index is 5.51. The molecule has 2 aliphatic rings. The smallest absolute Gasteiger partial charge is 0.191 e. The van der Waals surface area contributed by atoms with Crippen LogP contribution in [0.3, 0.4) is 0 Å². The van der Waals surface area contributed by atoms with Crippen LogP contribution in [0, 0.1) is 0 Å². The first kappa shape index (κ1) is 19.5. The van der Waals surface area contributed by atoms with E-state index in [1.54, 1.807) is 7.11 Å². The Hall–Kier alpha value is -2.21. The Morgan fingerprint density at radius 3 is 3.04 bits per heavy atom. The molecule has 2 heterocycles. The summed E-state index contributed by atoms with van der Waals surface area (Å²) < 4.78 is 10.9. The minimum atomic E-state index is 0.384. The minimum absolute atomic E-state index is 0.384. The third-order valence-electron chi connectivity index (χ3n) is 5.06. The topological polar surface area (TPSA) is 58.1 Å². The molecule has 1 atom stereocenters. The van der Waals surface area contributed by atoms with Crippen molar-refractivity contribution in [3.63, 3.8) is 0 Å². The summed E-state index contributed by atoms with van der Waals surface area (Å²) >= 11 is 0. The first-order valence-corrected chi connectivity index (χ1v) is 9.98. The summed E-state index contributed by atoms with van der Waals surface area (Å²) in [6, 6.07) is 8.61. The summed E-state index contributed by atoms with van der Waals surface area (Å²) in [7, 11) is 1.73. The van der Waals surface area contributed by atoms with Crippen molar-refractivity contribution in [2.24, 2.45) is 4.99 Å². The molecule has 1 fully saturated rings. The van der Waals surface area contributed by atoms with Gasteiger partial charge in [-0.05, 0) is 38.3 Å². The van der Waals surface area contributed by atoms with Gasteiger partial charge in [0.25, 0.3) is 0 Å². The van der Waals surface area contributed by atoms with E-state index in [1.165, 1.54) is 5.57 Å². The number of anilines is 1. The number of rotatable bonds is 7. The molecule has 2 N–H and O–H groups in total. The Balaban J connectivity index is 1.53. The van der Waals surface area contributed by atoms with Crippen LogP contribution < -0.4 is 20.3 Å². The van der Waals surface area contributed by atoms with Gasteiger partial charge in [0.05, 0.1) is 26.0 Å². The maximum Gasteiger partial charge on any atom is 0.191 e. The Kier molecular flexibility index (Phi) is 7.39. The number of aliphatic imine (C=N–C) groups is 1. The number of benzene rings is 1. The van der Waals surface area contributed by atoms with Crippen LogP contribution in [0.4, 0.5) is 5.69 Å². The molecule has 6 heteroatoms. The molecule has 1 unspecified atom stereocenters. The fraction of sp³-hybridized carbons (Fsp3) is 0.571. The van der Waals surface area contributed by atoms with Crippen LogP contribution in [0.2, 0.25) is 0 Å². The highest BCUT2D eigenvalue weighted by atomic mass is 16.5. The van der Waals surface area contributed by atoms with Gasteiger partial charge in [0, 0.05) is 32.2 Å². The normalized spacial score (nSPS) is 20.4. The van der Waals surface area contributed by atoms with E-state index in [0.717, 1.165) is 76.1 Å². The van der Waals surface area contributed by atoms with Gasteiger partial charge < -0.3 is 25.0 Å². The SMILES string of the molecule is CCNC(=NCCC1=CCOCC1)NC1CCN(c2ccccc2OC)C1. The Morgan fingerprint density at radius 2 is 2.26 bits per heavy atom. The molecule has 6 nitrogen and oxygen atoms in total. The monoisotopic (exact) mass is 372 g/mol. The first-order valence-electron chi connectivity index (χ1n) is 9.98. The number of guanidine groups is 1. The second-order valence-corrected chi connectivity index (χ2v) is 6.95. The third kappa shape index (κ3) is 5.63. The standard InChI is InChI=1S/C21H32N4O2/c1-3-22-21(23-12-8-17-10-14-27-15-11-17)24-18-9-13-25(16-18)19-6-4-5-7-20(19)26-2/h4-7,10,18H,3,8-9,11-16H2,1-2H3,(H2,22,23,24). The van der Waals surface area contributed by atoms with Crippen molar-refractivity contribution in [3.05, 3.63) is 35.9 Å². The van der Waals surface area contributed by atoms with Gasteiger partial charge in [0.1, 0.15) is 5.75 Å². The average molecular weight is 373 g/mol. The van der Waals surface area contributed by atoms with Crippen LogP contribution in [0.5, 0.6) is 5.75 Å². The zero-order valence-electron chi connectivity index (χ0n) is 16.5. The molecule has 0 aromatic heterocycles. The van der Waals surface area contributed by atoms with E-state index in [4.69, 9.17) is 14.5 Å². The third-order valence-corrected chi connectivity index (χ3v) is 5.06. The molecule has 1 aromatic carbocycles. The summed E-state index contributed by atoms with van der Waals surface area (Å²) in [4.78, 5) is 7.15. The first-order chi connectivity index (χ1) is 13.3. The lowest BCUT2D eigenvalue weighted by atomic mass is 10.1. The summed E-state index contributed by atoms with van der Waals surface area (Å²) in [5.41, 5.74) is 2.63. The quantitative estimate of drug-likeness (QED) is 0.438. The number of methoxy groups -OCH3 is 1. The summed E-state index contributed by atoms with van der Waals surface area (Å²) in [5.74, 6) is 1.85. The van der Waals surface area contributed by atoms with Crippen LogP contribution in [-0.2, 0) is 4.74 Å². The molecule has 0 radical (unpaired) electrons. The largest absolute Gasteiger partial charge is 0.495 e. The van der Waals surface area contributed by atoms with Crippen molar-refractivity contribution < 1.29 is 9.47 Å². The number of ether oxygens (including phenoxy) is 2. The van der Waals surface area contributed by atoms with Gasteiger partial charge >= 0.3 is 0 Å². The lowest BCUT2D eigenvalue weighted by Gasteiger charge is -2.22. The summed E-state index contributed by atoms with van der Waals surface area (Å²) in [6.07, 6.45) is 5.33. The van der Waals surface area contributed by atoms with Gasteiger partial charge in [-0.2, -0.15) is 0 Å². The van der Waals surface area contributed by atoms with Crippen LogP contribution >= 0.6 is 0 Å². The summed E-state index contributed by atoms with van der Waals surface area (Å²) in [6.45, 7) is 7.34. The zero-order chi connectivity index (χ0) is 18.9. The van der Waals surface area contributed by atoms with E-state index in [0.29, 0.717) is 6.04 Å². The second kappa shape index (κ2) is 10.2. The molecule has 1 aromatic rings. The number of para-hydroxylation sites is 2. The Labute approximate surface area is 162 Å². The highest BCUT2D eigenvalue weighted by Gasteiger charge is 2.25. The van der Waals surface area contributed by atoms with E-state index in [9.17, 15) is 0 Å². The van der Waals surface area contributed by atoms with Crippen LogP contribution in [0.25, 0.3) is 0 Å². The maximum atomic E-state index is 5.51. The van der Waals surface area contributed by atoms with Crippen molar-refractivity contribution in [2.45, 2.75) is 32.2 Å². The fourth-order valence-corrected chi connectivity index (χ4v) is 3.61. The molecular weight excluding hydrogens is 340 g/mol. The highest BCUT2D eigenvalue weighted by molar-refractivity contribution is 5.80. The lowest BCUT2D eigenvalue weighted by Crippen LogP contribution is -2.44. The molecular formula is C21H32N4O2. The van der Waals surface area contributed by atoms with Crippen LogP contribution in [-0.4, -0.2) is 58.5 Å². The molecule has 0 bridgehead atoms. The summed E-state index contributed by atoms with van der Waals surface area (Å²) in [5, 5.41) is 6.98. The molecule has 0 saturated carbocycles. The van der Waals surface area contributed by atoms with Crippen molar-refractivity contribution in [1.82, 2.24) is 10.6 Å². The van der Waals surface area contributed by atoms with Crippen molar-refractivity contribution >= 4 is 11.6 Å². The van der Waals surface area contributed by atoms with Crippen molar-refractivity contribution in [2.75, 3.05) is 51.4 Å². The average Bonchev–Trinajstić information content (AvgIpc) is 3.17. The predicted molar refractivity (Wildman–Crippen MR) is 111 cm³/mol. The molecule has 27 heavy (non-hydrogen) atoms. The zero-order valence-corrected chi connectivity index (χ0v) is 16.5. The van der Waals surface area contributed by atoms with Gasteiger partial charge in [-0.25, -0.2) is 0 Å². The molecule has 3 rings (SSSR count). The van der Waals surface area contributed by atoms with Crippen molar-refractivity contribution in [1.29, 1.82) is 0 Å². The van der Waals surface area contributed by atoms with Gasteiger partial charge in [-0.3, -0.25) is 4.99 Å². The molecule has 0 spiro atoms. The van der Waals surface area contributed by atoms with Crippen molar-refractivity contribution in [3.8, 4) is 5.75 Å². The second-order valence-electron chi connectivity index (χ2n) is 6.95. The Bertz CT molecular complexity index is 659. The van der Waals surface area contributed by atoms with E-state index < -0.39 is 0 Å². The minimum Gasteiger partial charge on any atom is -0.495 e. The van der Waals surface area contributed by atoms with Crippen LogP contribution in [0.1, 0.15) is 26.2 Å². The molecule has 0 aliphatic carbocycles. The molecule has 2 aliphatic heterocycles. The van der Waals surface area contributed by atoms with Gasteiger partial charge in [-0.1, -0.05) is 23.8 Å². The molecule has 148 valence electrons. The number of nitrogens with zero attached hydrogens (tertiary/aromatic N) is 2. The number of hydrogen-bond acceptors (Lipinski definition) is 4. The number of nitrogens with one attached hydrogen (secondary N) is 2. The highest BCUT2D eigenvalue weighted by Crippen LogP contribution is 2.30. The van der Waals surface area contributed by atoms with E-state index in [-0.39, 0.29) is 0 Å². The van der Waals surface area contributed by atoms with Crippen LogP contribution in [0.15, 0.2) is 40.9 Å². The van der Waals surface area contributed by atoms with E-state index in [2.05, 4.69) is 40.7 Å². The van der Waals surface area contributed by atoms with Gasteiger partial charge in [0.15, 0.2) is 5.96 Å². The predicted octanol–water partition coefficient (Wildman–Crippen LogP) is 2.57. The molecule has 0 amide bonds. The number of hydrogen-bond donors (Lipinski definition) is 2. The van der Waals surface area contributed by atoms with Gasteiger partial charge in [-0.15, -0.1) is 0 Å². The Morgan fingerprint density at radius 1 is 1.37 bits per heavy atom. The molecule has 1 saturated heterocycles. The van der Waals surface area contributed by atoms with E-state index in [1.807, 2.05) is 12.1 Å². The van der Waals surface area contributed by atoms with Gasteiger partial charge in [0.2, 0.25) is 0 Å².